The Morgan fingerprint density at radius 1 is 1.36 bits per heavy atom. The predicted octanol–water partition coefficient (Wildman–Crippen LogP) is 0.646. The molecule has 2 aromatic rings. The van der Waals surface area contributed by atoms with E-state index in [9.17, 15) is 0 Å². The molecule has 76 valence electrons. The zero-order chi connectivity index (χ0) is 9.10. The molecule has 0 saturated heterocycles. The van der Waals surface area contributed by atoms with Crippen molar-refractivity contribution in [3.63, 3.8) is 0 Å². The topological polar surface area (TPSA) is 75.1 Å². The standard InChI is InChI=1S/C9H10N4.H2O.H2/c1-2-8-6-11-9(7-10-8)13-5-3-4-12-13;;/h3-7H,2H2,1H3;1H2;1H. The summed E-state index contributed by atoms with van der Waals surface area (Å²) < 4.78 is 1.69. The fourth-order valence-corrected chi connectivity index (χ4v) is 1.05. The van der Waals surface area contributed by atoms with Gasteiger partial charge in [-0.1, -0.05) is 6.92 Å². The quantitative estimate of drug-likeness (QED) is 0.704. The minimum Gasteiger partial charge on any atom is -0.412 e. The van der Waals surface area contributed by atoms with Crippen molar-refractivity contribution < 1.29 is 6.90 Å². The van der Waals surface area contributed by atoms with E-state index in [-0.39, 0.29) is 6.90 Å². The van der Waals surface area contributed by atoms with E-state index < -0.39 is 0 Å². The number of nitrogens with zero attached hydrogens (tertiary/aromatic N) is 4. The third kappa shape index (κ3) is 1.94. The van der Waals surface area contributed by atoms with Crippen molar-refractivity contribution in [1.29, 1.82) is 0 Å². The van der Waals surface area contributed by atoms with Crippen molar-refractivity contribution in [2.45, 2.75) is 13.3 Å². The number of aryl methyl sites for hydroxylation is 1. The van der Waals surface area contributed by atoms with Gasteiger partial charge in [0.25, 0.3) is 0 Å². The molecule has 0 atom stereocenters. The van der Waals surface area contributed by atoms with E-state index in [0.717, 1.165) is 17.9 Å². The molecule has 2 aromatic heterocycles. The first-order chi connectivity index (χ1) is 6.40. The van der Waals surface area contributed by atoms with Gasteiger partial charge >= 0.3 is 0 Å². The Morgan fingerprint density at radius 3 is 2.71 bits per heavy atom. The molecule has 0 fully saturated rings. The van der Waals surface area contributed by atoms with Gasteiger partial charge in [0.2, 0.25) is 0 Å². The van der Waals surface area contributed by atoms with E-state index in [0.29, 0.717) is 0 Å². The van der Waals surface area contributed by atoms with Gasteiger partial charge in [0, 0.05) is 13.8 Å². The highest BCUT2D eigenvalue weighted by Crippen LogP contribution is 2.00. The fourth-order valence-electron chi connectivity index (χ4n) is 1.05. The van der Waals surface area contributed by atoms with Crippen LogP contribution in [0.2, 0.25) is 0 Å². The molecule has 0 aliphatic carbocycles. The Balaban J connectivity index is 0.000000980. The Hall–Kier alpha value is -1.75. The zero-order valence-electron chi connectivity index (χ0n) is 7.88. The molecule has 0 saturated carbocycles. The third-order valence-electron chi connectivity index (χ3n) is 1.79. The Kier molecular flexibility index (Phi) is 3.30. The monoisotopic (exact) mass is 194 g/mol. The van der Waals surface area contributed by atoms with Crippen LogP contribution in [-0.4, -0.2) is 25.2 Å². The van der Waals surface area contributed by atoms with Crippen molar-refractivity contribution in [3.05, 3.63) is 36.5 Å². The summed E-state index contributed by atoms with van der Waals surface area (Å²) in [6.07, 6.45) is 7.97. The molecule has 0 unspecified atom stereocenters. The zero-order valence-corrected chi connectivity index (χ0v) is 7.88. The molecule has 2 rings (SSSR count). The number of aromatic nitrogens is 4. The van der Waals surface area contributed by atoms with Gasteiger partial charge in [-0.25, -0.2) is 9.67 Å². The SMILES string of the molecule is CCc1cnc(-n2cccn2)cn1.O.[HH]. The summed E-state index contributed by atoms with van der Waals surface area (Å²) >= 11 is 0. The summed E-state index contributed by atoms with van der Waals surface area (Å²) in [6.45, 7) is 2.05. The van der Waals surface area contributed by atoms with Gasteiger partial charge in [-0.15, -0.1) is 0 Å². The van der Waals surface area contributed by atoms with E-state index in [1.54, 1.807) is 23.3 Å². The van der Waals surface area contributed by atoms with Gasteiger partial charge in [-0.05, 0) is 12.5 Å². The second kappa shape index (κ2) is 4.48. The van der Waals surface area contributed by atoms with Crippen molar-refractivity contribution in [1.82, 2.24) is 19.7 Å². The molecule has 0 aromatic carbocycles. The largest absolute Gasteiger partial charge is 0.412 e. The maximum Gasteiger partial charge on any atom is 0.171 e. The summed E-state index contributed by atoms with van der Waals surface area (Å²) in [5.74, 6) is 0.752. The maximum atomic E-state index is 4.23. The minimum atomic E-state index is 0. The molecule has 0 amide bonds. The highest BCUT2D eigenvalue weighted by Gasteiger charge is 1.97. The van der Waals surface area contributed by atoms with Gasteiger partial charge < -0.3 is 5.48 Å². The number of hydrogen-bond donors (Lipinski definition) is 0. The normalized spacial score (nSPS) is 9.50. The third-order valence-corrected chi connectivity index (χ3v) is 1.79. The maximum absolute atomic E-state index is 4.23. The van der Waals surface area contributed by atoms with Gasteiger partial charge in [-0.3, -0.25) is 4.98 Å². The molecule has 0 radical (unpaired) electrons. The second-order valence-electron chi connectivity index (χ2n) is 2.67. The van der Waals surface area contributed by atoms with Gasteiger partial charge in [0.1, 0.15) is 0 Å². The van der Waals surface area contributed by atoms with Crippen LogP contribution in [0.1, 0.15) is 14.0 Å². The van der Waals surface area contributed by atoms with Crippen LogP contribution in [-0.2, 0) is 6.42 Å². The first kappa shape index (κ1) is 10.3. The van der Waals surface area contributed by atoms with E-state index in [2.05, 4.69) is 22.0 Å². The van der Waals surface area contributed by atoms with Crippen molar-refractivity contribution in [2.24, 2.45) is 0 Å². The average Bonchev–Trinajstić information content (AvgIpc) is 2.71. The van der Waals surface area contributed by atoms with E-state index in [4.69, 9.17) is 0 Å². The second-order valence-corrected chi connectivity index (χ2v) is 2.67. The van der Waals surface area contributed by atoms with E-state index in [1.807, 2.05) is 12.3 Å². The summed E-state index contributed by atoms with van der Waals surface area (Å²) in [7, 11) is 0. The van der Waals surface area contributed by atoms with Gasteiger partial charge in [0.15, 0.2) is 5.82 Å². The number of hydrogen-bond acceptors (Lipinski definition) is 3. The van der Waals surface area contributed by atoms with Gasteiger partial charge in [-0.2, -0.15) is 5.10 Å². The summed E-state index contributed by atoms with van der Waals surface area (Å²) in [6, 6.07) is 1.86. The van der Waals surface area contributed by atoms with Crippen LogP contribution in [0.4, 0.5) is 0 Å². The average molecular weight is 194 g/mol. The van der Waals surface area contributed by atoms with Crippen LogP contribution >= 0.6 is 0 Å². The lowest BCUT2D eigenvalue weighted by Gasteiger charge is -1.99. The Bertz CT molecular complexity index is 374. The molecule has 2 N–H and O–H groups in total. The lowest BCUT2D eigenvalue weighted by Crippen LogP contribution is -1.99. The predicted molar refractivity (Wildman–Crippen MR) is 54.3 cm³/mol. The summed E-state index contributed by atoms with van der Waals surface area (Å²) in [4.78, 5) is 8.46. The molecular weight excluding hydrogens is 180 g/mol. The Morgan fingerprint density at radius 2 is 2.21 bits per heavy atom. The van der Waals surface area contributed by atoms with E-state index >= 15 is 0 Å². The summed E-state index contributed by atoms with van der Waals surface area (Å²) in [5.41, 5.74) is 0.996. The lowest BCUT2D eigenvalue weighted by atomic mass is 10.4. The smallest absolute Gasteiger partial charge is 0.171 e. The molecule has 0 spiro atoms. The molecule has 2 heterocycles. The molecule has 0 aliphatic heterocycles. The highest BCUT2D eigenvalue weighted by atomic mass is 16.0. The fraction of sp³-hybridized carbons (Fsp3) is 0.222. The van der Waals surface area contributed by atoms with Crippen molar-refractivity contribution in [2.75, 3.05) is 0 Å². The molecule has 5 nitrogen and oxygen atoms in total. The van der Waals surface area contributed by atoms with Crippen molar-refractivity contribution >= 4 is 0 Å². The van der Waals surface area contributed by atoms with Crippen LogP contribution in [0.25, 0.3) is 5.82 Å². The first-order valence-corrected chi connectivity index (χ1v) is 4.21. The summed E-state index contributed by atoms with van der Waals surface area (Å²) in [5, 5.41) is 4.06. The number of rotatable bonds is 2. The molecule has 5 heteroatoms. The lowest BCUT2D eigenvalue weighted by molar-refractivity contribution is 0.824. The van der Waals surface area contributed by atoms with Crippen molar-refractivity contribution in [3.8, 4) is 5.82 Å². The van der Waals surface area contributed by atoms with Crippen LogP contribution in [0.15, 0.2) is 30.9 Å². The molecular formula is C9H14N4O. The van der Waals surface area contributed by atoms with Crippen LogP contribution < -0.4 is 0 Å². The Labute approximate surface area is 83.2 Å². The first-order valence-electron chi connectivity index (χ1n) is 4.21. The minimum absolute atomic E-state index is 0. The molecule has 14 heavy (non-hydrogen) atoms. The highest BCUT2D eigenvalue weighted by molar-refractivity contribution is 5.17. The van der Waals surface area contributed by atoms with Crippen LogP contribution in [0.5, 0.6) is 0 Å². The molecule has 0 aliphatic rings. The molecule has 0 bridgehead atoms. The van der Waals surface area contributed by atoms with Crippen LogP contribution in [0, 0.1) is 0 Å². The van der Waals surface area contributed by atoms with Gasteiger partial charge in [0.05, 0.1) is 18.1 Å². The van der Waals surface area contributed by atoms with Crippen LogP contribution in [0.3, 0.4) is 0 Å². The van der Waals surface area contributed by atoms with E-state index in [1.165, 1.54) is 0 Å².